The number of methoxy groups -OCH3 is 1. The van der Waals surface area contributed by atoms with Crippen LogP contribution < -0.4 is 10.6 Å². The maximum Gasteiger partial charge on any atom is 0.261 e. The van der Waals surface area contributed by atoms with E-state index in [0.717, 1.165) is 25.7 Å². The molecule has 8 nitrogen and oxygen atoms in total. The number of amides is 3. The molecule has 2 N–H and O–H groups in total. The number of rotatable bonds is 10. The first kappa shape index (κ1) is 22.0. The van der Waals surface area contributed by atoms with Crippen molar-refractivity contribution in [3.05, 3.63) is 46.5 Å². The highest BCUT2D eigenvalue weighted by Gasteiger charge is 2.34. The first-order valence-corrected chi connectivity index (χ1v) is 10.9. The predicted octanol–water partition coefficient (Wildman–Crippen LogP) is 2.35. The molecule has 1 atom stereocenters. The fourth-order valence-corrected chi connectivity index (χ4v) is 4.20. The molecule has 2 aromatic rings. The van der Waals surface area contributed by atoms with Gasteiger partial charge in [0.25, 0.3) is 11.8 Å². The van der Waals surface area contributed by atoms with Crippen molar-refractivity contribution in [1.29, 1.82) is 0 Å². The molecule has 0 aromatic carbocycles. The minimum atomic E-state index is -0.929. The van der Waals surface area contributed by atoms with Gasteiger partial charge < -0.3 is 24.7 Å². The summed E-state index contributed by atoms with van der Waals surface area (Å²) >= 11 is 1.30. The molecular formula is C21H27N3O5S. The topological polar surface area (TPSA) is 101 Å². The van der Waals surface area contributed by atoms with Crippen LogP contribution in [0, 0.1) is 0 Å². The summed E-state index contributed by atoms with van der Waals surface area (Å²) in [5.74, 6) is -0.625. The molecule has 1 aliphatic carbocycles. The van der Waals surface area contributed by atoms with Gasteiger partial charge in [0, 0.05) is 19.7 Å². The third-order valence-electron chi connectivity index (χ3n) is 5.08. The predicted molar refractivity (Wildman–Crippen MR) is 112 cm³/mol. The van der Waals surface area contributed by atoms with Crippen LogP contribution in [0.25, 0.3) is 0 Å². The van der Waals surface area contributed by atoms with E-state index in [-0.39, 0.29) is 43.5 Å². The average molecular weight is 434 g/mol. The maximum atomic E-state index is 13.1. The zero-order valence-corrected chi connectivity index (χ0v) is 17.8. The lowest BCUT2D eigenvalue weighted by Gasteiger charge is -2.30. The van der Waals surface area contributed by atoms with Crippen LogP contribution in [0.1, 0.15) is 47.2 Å². The van der Waals surface area contributed by atoms with E-state index in [2.05, 4.69) is 10.6 Å². The van der Waals surface area contributed by atoms with Gasteiger partial charge >= 0.3 is 0 Å². The minimum absolute atomic E-state index is 0.105. The van der Waals surface area contributed by atoms with E-state index >= 15 is 0 Å². The van der Waals surface area contributed by atoms with E-state index in [9.17, 15) is 14.4 Å². The van der Waals surface area contributed by atoms with Gasteiger partial charge in [-0.05, 0) is 36.4 Å². The molecule has 1 unspecified atom stereocenters. The van der Waals surface area contributed by atoms with E-state index < -0.39 is 6.04 Å². The molecule has 3 amide bonds. The van der Waals surface area contributed by atoms with Crippen LogP contribution in [0.4, 0.5) is 0 Å². The SMILES string of the molecule is COCCN(C(=O)CNC(=O)c1cccs1)C(C(=O)NC1CCCC1)c1ccco1. The highest BCUT2D eigenvalue weighted by atomic mass is 32.1. The van der Waals surface area contributed by atoms with Crippen LogP contribution in [0.3, 0.4) is 0 Å². The highest BCUT2D eigenvalue weighted by Crippen LogP contribution is 2.24. The van der Waals surface area contributed by atoms with Gasteiger partial charge in [0.05, 0.1) is 24.3 Å². The number of nitrogens with one attached hydrogen (secondary N) is 2. The second kappa shape index (κ2) is 10.9. The Labute approximate surface area is 179 Å². The third-order valence-corrected chi connectivity index (χ3v) is 5.94. The van der Waals surface area contributed by atoms with Crippen molar-refractivity contribution in [3.8, 4) is 0 Å². The fourth-order valence-electron chi connectivity index (χ4n) is 3.56. The Balaban J connectivity index is 1.74. The zero-order valence-electron chi connectivity index (χ0n) is 17.0. The molecule has 1 fully saturated rings. The number of nitrogens with zero attached hydrogens (tertiary/aromatic N) is 1. The van der Waals surface area contributed by atoms with E-state index in [4.69, 9.17) is 9.15 Å². The summed E-state index contributed by atoms with van der Waals surface area (Å²) in [6, 6.07) is 5.99. The third kappa shape index (κ3) is 5.70. The van der Waals surface area contributed by atoms with Gasteiger partial charge in [0.2, 0.25) is 5.91 Å². The van der Waals surface area contributed by atoms with Crippen LogP contribution >= 0.6 is 11.3 Å². The second-order valence-electron chi connectivity index (χ2n) is 7.15. The first-order valence-electron chi connectivity index (χ1n) is 10.0. The Hall–Kier alpha value is -2.65. The van der Waals surface area contributed by atoms with Gasteiger partial charge in [-0.1, -0.05) is 18.9 Å². The van der Waals surface area contributed by atoms with Gasteiger partial charge in [-0.25, -0.2) is 0 Å². The number of hydrogen-bond donors (Lipinski definition) is 2. The summed E-state index contributed by atoms with van der Waals surface area (Å²) in [5.41, 5.74) is 0. The van der Waals surface area contributed by atoms with Crippen molar-refractivity contribution < 1.29 is 23.5 Å². The lowest BCUT2D eigenvalue weighted by atomic mass is 10.1. The van der Waals surface area contributed by atoms with Crippen LogP contribution in [-0.4, -0.2) is 55.5 Å². The molecule has 1 saturated carbocycles. The Morgan fingerprint density at radius 1 is 1.27 bits per heavy atom. The van der Waals surface area contributed by atoms with Crippen LogP contribution in [0.15, 0.2) is 40.3 Å². The molecule has 0 aliphatic heterocycles. The molecule has 162 valence electrons. The second-order valence-corrected chi connectivity index (χ2v) is 8.10. The molecule has 0 saturated heterocycles. The van der Waals surface area contributed by atoms with Crippen LogP contribution in [-0.2, 0) is 14.3 Å². The number of furan rings is 1. The van der Waals surface area contributed by atoms with Crippen molar-refractivity contribution in [2.45, 2.75) is 37.8 Å². The molecule has 0 bridgehead atoms. The molecule has 9 heteroatoms. The van der Waals surface area contributed by atoms with Crippen molar-refractivity contribution in [2.24, 2.45) is 0 Å². The summed E-state index contributed by atoms with van der Waals surface area (Å²) in [7, 11) is 1.53. The summed E-state index contributed by atoms with van der Waals surface area (Å²) in [6.45, 7) is 0.209. The minimum Gasteiger partial charge on any atom is -0.467 e. The molecule has 2 heterocycles. The first-order chi connectivity index (χ1) is 14.6. The van der Waals surface area contributed by atoms with Gasteiger partial charge in [-0.15, -0.1) is 11.3 Å². The summed E-state index contributed by atoms with van der Waals surface area (Å²) < 4.78 is 10.6. The summed E-state index contributed by atoms with van der Waals surface area (Å²) in [5, 5.41) is 7.47. The van der Waals surface area contributed by atoms with Gasteiger partial charge in [0.1, 0.15) is 5.76 Å². The Morgan fingerprint density at radius 3 is 2.70 bits per heavy atom. The van der Waals surface area contributed by atoms with Crippen molar-refractivity contribution >= 4 is 29.1 Å². The van der Waals surface area contributed by atoms with E-state index in [1.54, 1.807) is 29.6 Å². The van der Waals surface area contributed by atoms with Crippen molar-refractivity contribution in [2.75, 3.05) is 26.8 Å². The monoisotopic (exact) mass is 433 g/mol. The Bertz CT molecular complexity index is 816. The number of carbonyl (C=O) groups is 3. The van der Waals surface area contributed by atoms with Gasteiger partial charge in [0.15, 0.2) is 6.04 Å². The van der Waals surface area contributed by atoms with Crippen molar-refractivity contribution in [3.63, 3.8) is 0 Å². The molecule has 0 radical (unpaired) electrons. The van der Waals surface area contributed by atoms with Crippen molar-refractivity contribution in [1.82, 2.24) is 15.5 Å². The standard InChI is InChI=1S/C21H27N3O5S/c1-28-12-10-24(18(25)14-22-20(26)17-9-5-13-30-17)19(16-8-4-11-29-16)21(27)23-15-6-2-3-7-15/h4-5,8-9,11,13,15,19H,2-3,6-7,10,12,14H2,1H3,(H,22,26)(H,23,27). The fraction of sp³-hybridized carbons (Fsp3) is 0.476. The largest absolute Gasteiger partial charge is 0.467 e. The number of thiophene rings is 1. The smallest absolute Gasteiger partial charge is 0.261 e. The van der Waals surface area contributed by atoms with E-state index in [0.29, 0.717) is 10.6 Å². The Morgan fingerprint density at radius 2 is 2.07 bits per heavy atom. The molecule has 30 heavy (non-hydrogen) atoms. The maximum absolute atomic E-state index is 13.1. The number of carbonyl (C=O) groups excluding carboxylic acids is 3. The highest BCUT2D eigenvalue weighted by molar-refractivity contribution is 7.12. The quantitative estimate of drug-likeness (QED) is 0.599. The Kier molecular flexibility index (Phi) is 8.04. The average Bonchev–Trinajstić information content (AvgIpc) is 3.51. The number of ether oxygens (including phenoxy) is 1. The van der Waals surface area contributed by atoms with Gasteiger partial charge in [-0.3, -0.25) is 14.4 Å². The summed E-state index contributed by atoms with van der Waals surface area (Å²) in [4.78, 5) is 40.3. The normalized spacial score (nSPS) is 15.0. The van der Waals surface area contributed by atoms with E-state index in [1.807, 2.05) is 0 Å². The van der Waals surface area contributed by atoms with E-state index in [1.165, 1.54) is 29.6 Å². The van der Waals surface area contributed by atoms with Gasteiger partial charge in [-0.2, -0.15) is 0 Å². The molecule has 3 rings (SSSR count). The zero-order chi connectivity index (χ0) is 21.3. The van der Waals surface area contributed by atoms with Crippen LogP contribution in [0.5, 0.6) is 0 Å². The summed E-state index contributed by atoms with van der Waals surface area (Å²) in [6.07, 6.45) is 5.50. The van der Waals surface area contributed by atoms with Crippen LogP contribution in [0.2, 0.25) is 0 Å². The molecule has 2 aromatic heterocycles. The molecular weight excluding hydrogens is 406 g/mol. The number of hydrogen-bond acceptors (Lipinski definition) is 6. The molecule has 0 spiro atoms. The molecule has 1 aliphatic rings. The lowest BCUT2D eigenvalue weighted by molar-refractivity contribution is -0.141. The lowest BCUT2D eigenvalue weighted by Crippen LogP contribution is -2.49.